The van der Waals surface area contributed by atoms with Crippen LogP contribution in [-0.2, 0) is 0 Å². The summed E-state index contributed by atoms with van der Waals surface area (Å²) in [7, 11) is 0. The van der Waals surface area contributed by atoms with Crippen LogP contribution in [0.5, 0.6) is 11.5 Å². The quantitative estimate of drug-likeness (QED) is 0.851. The molecule has 3 nitrogen and oxygen atoms in total. The first kappa shape index (κ1) is 15.1. The molecule has 0 aliphatic carbocycles. The van der Waals surface area contributed by atoms with Crippen LogP contribution in [0.25, 0.3) is 0 Å². The Morgan fingerprint density at radius 1 is 1.10 bits per heavy atom. The van der Waals surface area contributed by atoms with E-state index >= 15 is 0 Å². The van der Waals surface area contributed by atoms with E-state index in [9.17, 15) is 5.26 Å². The third-order valence-corrected chi connectivity index (χ3v) is 3.36. The van der Waals surface area contributed by atoms with Crippen molar-refractivity contribution >= 4 is 0 Å². The van der Waals surface area contributed by atoms with Gasteiger partial charge in [0, 0.05) is 6.04 Å². The number of rotatable bonds is 6. The largest absolute Gasteiger partial charge is 0.457 e. The fraction of sp³-hybridized carbons (Fsp3) is 0.278. The van der Waals surface area contributed by atoms with Gasteiger partial charge in [-0.15, -0.1) is 0 Å². The maximum absolute atomic E-state index is 9.35. The Morgan fingerprint density at radius 3 is 2.48 bits per heavy atom. The molecular weight excluding hydrogens is 260 g/mol. The molecule has 1 N–H and O–H groups in total. The van der Waals surface area contributed by atoms with Crippen molar-refractivity contribution in [3.63, 3.8) is 0 Å². The highest BCUT2D eigenvalue weighted by Gasteiger charge is 2.13. The first-order valence-corrected chi connectivity index (χ1v) is 7.21. The average Bonchev–Trinajstić information content (AvgIpc) is 2.53. The van der Waals surface area contributed by atoms with E-state index in [-0.39, 0.29) is 6.04 Å². The summed E-state index contributed by atoms with van der Waals surface area (Å²) >= 11 is 0. The number of para-hydroxylation sites is 1. The van der Waals surface area contributed by atoms with E-state index in [1.807, 2.05) is 54.6 Å². The maximum atomic E-state index is 9.35. The van der Waals surface area contributed by atoms with E-state index in [4.69, 9.17) is 4.74 Å². The van der Waals surface area contributed by atoms with E-state index in [0.717, 1.165) is 23.5 Å². The first-order valence-electron chi connectivity index (χ1n) is 7.21. The Morgan fingerprint density at radius 2 is 1.81 bits per heavy atom. The maximum Gasteiger partial charge on any atom is 0.127 e. The van der Waals surface area contributed by atoms with Crippen LogP contribution in [0.2, 0.25) is 0 Å². The molecule has 0 fully saturated rings. The van der Waals surface area contributed by atoms with E-state index in [1.54, 1.807) is 0 Å². The van der Waals surface area contributed by atoms with E-state index in [2.05, 4.69) is 25.2 Å². The van der Waals surface area contributed by atoms with Gasteiger partial charge < -0.3 is 4.74 Å². The van der Waals surface area contributed by atoms with Crippen molar-refractivity contribution in [2.75, 3.05) is 0 Å². The molecule has 0 radical (unpaired) electrons. The number of hydrogen-bond acceptors (Lipinski definition) is 3. The van der Waals surface area contributed by atoms with Crippen molar-refractivity contribution in [3.8, 4) is 17.6 Å². The molecule has 2 aromatic rings. The van der Waals surface area contributed by atoms with Gasteiger partial charge in [0.2, 0.25) is 0 Å². The van der Waals surface area contributed by atoms with Crippen molar-refractivity contribution in [2.24, 2.45) is 0 Å². The number of ether oxygens (including phenoxy) is 1. The lowest BCUT2D eigenvalue weighted by Gasteiger charge is -2.17. The fourth-order valence-corrected chi connectivity index (χ4v) is 1.99. The normalized spacial score (nSPS) is 13.2. The van der Waals surface area contributed by atoms with Crippen molar-refractivity contribution in [1.29, 1.82) is 5.26 Å². The molecule has 21 heavy (non-hydrogen) atoms. The summed E-state index contributed by atoms with van der Waals surface area (Å²) in [4.78, 5) is 0. The minimum absolute atomic E-state index is 0.299. The van der Waals surface area contributed by atoms with Gasteiger partial charge in [-0.3, -0.25) is 5.32 Å². The summed E-state index contributed by atoms with van der Waals surface area (Å²) in [5.41, 5.74) is 0.922. The first-order chi connectivity index (χ1) is 10.2. The van der Waals surface area contributed by atoms with Gasteiger partial charge in [0.25, 0.3) is 0 Å². The van der Waals surface area contributed by atoms with Gasteiger partial charge >= 0.3 is 0 Å². The van der Waals surface area contributed by atoms with Crippen LogP contribution in [-0.4, -0.2) is 6.04 Å². The van der Waals surface area contributed by atoms with Gasteiger partial charge in [-0.25, -0.2) is 0 Å². The van der Waals surface area contributed by atoms with E-state index < -0.39 is 0 Å². The van der Waals surface area contributed by atoms with Gasteiger partial charge in [0.1, 0.15) is 17.5 Å². The second-order valence-electron chi connectivity index (χ2n) is 5.03. The topological polar surface area (TPSA) is 45.0 Å². The number of hydrogen-bond donors (Lipinski definition) is 1. The minimum atomic E-state index is -0.320. The predicted octanol–water partition coefficient (Wildman–Crippen LogP) is 4.43. The molecule has 0 amide bonds. The average molecular weight is 280 g/mol. The lowest BCUT2D eigenvalue weighted by atomic mass is 10.1. The molecule has 108 valence electrons. The molecule has 2 rings (SSSR count). The molecule has 0 spiro atoms. The fourth-order valence-electron chi connectivity index (χ4n) is 1.99. The highest BCUT2D eigenvalue weighted by atomic mass is 16.5. The second kappa shape index (κ2) is 7.47. The minimum Gasteiger partial charge on any atom is -0.457 e. The second-order valence-corrected chi connectivity index (χ2v) is 5.03. The SMILES string of the molecule is CCC(C)NC(C#N)c1cccc(Oc2ccccc2)c1. The summed E-state index contributed by atoms with van der Waals surface area (Å²) in [6.07, 6.45) is 0.985. The zero-order chi connectivity index (χ0) is 15.1. The van der Waals surface area contributed by atoms with Crippen LogP contribution in [0.15, 0.2) is 54.6 Å². The Balaban J connectivity index is 2.15. The molecule has 0 bridgehead atoms. The van der Waals surface area contributed by atoms with Crippen molar-refractivity contribution in [1.82, 2.24) is 5.32 Å². The zero-order valence-corrected chi connectivity index (χ0v) is 12.4. The molecule has 2 atom stereocenters. The molecule has 0 saturated heterocycles. The smallest absolute Gasteiger partial charge is 0.127 e. The predicted molar refractivity (Wildman–Crippen MR) is 84.2 cm³/mol. The van der Waals surface area contributed by atoms with Gasteiger partial charge in [0.15, 0.2) is 0 Å². The third kappa shape index (κ3) is 4.34. The van der Waals surface area contributed by atoms with E-state index in [1.165, 1.54) is 0 Å². The number of benzene rings is 2. The highest BCUT2D eigenvalue weighted by molar-refractivity contribution is 5.36. The molecule has 0 aliphatic rings. The molecule has 3 heteroatoms. The van der Waals surface area contributed by atoms with Crippen LogP contribution in [0.1, 0.15) is 31.9 Å². The number of nitrogens with one attached hydrogen (secondary N) is 1. The molecule has 0 saturated carbocycles. The number of nitrogens with zero attached hydrogens (tertiary/aromatic N) is 1. The lowest BCUT2D eigenvalue weighted by Crippen LogP contribution is -2.29. The monoisotopic (exact) mass is 280 g/mol. The van der Waals surface area contributed by atoms with Crippen molar-refractivity contribution in [2.45, 2.75) is 32.4 Å². The molecular formula is C18H20N2O. The Bertz CT molecular complexity index is 604. The Kier molecular flexibility index (Phi) is 5.36. The lowest BCUT2D eigenvalue weighted by molar-refractivity contribution is 0.476. The van der Waals surface area contributed by atoms with Crippen LogP contribution in [0, 0.1) is 11.3 Å². The Labute approximate surface area is 126 Å². The van der Waals surface area contributed by atoms with Crippen LogP contribution < -0.4 is 10.1 Å². The van der Waals surface area contributed by atoms with Crippen LogP contribution in [0.4, 0.5) is 0 Å². The molecule has 0 heterocycles. The van der Waals surface area contributed by atoms with Gasteiger partial charge in [-0.1, -0.05) is 37.3 Å². The number of nitriles is 1. The van der Waals surface area contributed by atoms with Crippen molar-refractivity contribution in [3.05, 3.63) is 60.2 Å². The molecule has 2 aromatic carbocycles. The summed E-state index contributed by atoms with van der Waals surface area (Å²) in [5.74, 6) is 1.53. The zero-order valence-electron chi connectivity index (χ0n) is 12.4. The van der Waals surface area contributed by atoms with Gasteiger partial charge in [-0.05, 0) is 43.2 Å². The molecule has 2 unspecified atom stereocenters. The summed E-state index contributed by atoms with van der Waals surface area (Å²) in [5, 5.41) is 12.7. The van der Waals surface area contributed by atoms with E-state index in [0.29, 0.717) is 6.04 Å². The highest BCUT2D eigenvalue weighted by Crippen LogP contribution is 2.24. The third-order valence-electron chi connectivity index (χ3n) is 3.36. The molecule has 0 aliphatic heterocycles. The summed E-state index contributed by atoms with van der Waals surface area (Å²) < 4.78 is 5.81. The van der Waals surface area contributed by atoms with Gasteiger partial charge in [0.05, 0.1) is 6.07 Å². The molecule has 0 aromatic heterocycles. The summed E-state index contributed by atoms with van der Waals surface area (Å²) in [6, 6.07) is 19.6. The van der Waals surface area contributed by atoms with Crippen LogP contribution >= 0.6 is 0 Å². The standard InChI is InChI=1S/C18H20N2O/c1-3-14(2)20-18(13-19)15-8-7-11-17(12-15)21-16-9-5-4-6-10-16/h4-12,14,18,20H,3H2,1-2H3. The van der Waals surface area contributed by atoms with Crippen molar-refractivity contribution < 1.29 is 4.74 Å². The summed E-state index contributed by atoms with van der Waals surface area (Å²) in [6.45, 7) is 4.18. The Hall–Kier alpha value is -2.31. The van der Waals surface area contributed by atoms with Crippen LogP contribution in [0.3, 0.4) is 0 Å². The van der Waals surface area contributed by atoms with Gasteiger partial charge in [-0.2, -0.15) is 5.26 Å².